The lowest BCUT2D eigenvalue weighted by molar-refractivity contribution is -0.114. The number of hydrogen-bond acceptors (Lipinski definition) is 3. The van der Waals surface area contributed by atoms with Crippen LogP contribution in [-0.4, -0.2) is 21.4 Å². The third-order valence-electron chi connectivity index (χ3n) is 4.60. The fourth-order valence-corrected chi connectivity index (χ4v) is 3.80. The number of benzene rings is 3. The summed E-state index contributed by atoms with van der Waals surface area (Å²) < 4.78 is 37.3. The Kier molecular flexibility index (Phi) is 6.05. The molecule has 0 atom stereocenters. The summed E-state index contributed by atoms with van der Waals surface area (Å²) in [6, 6.07) is 19.5. The molecule has 0 saturated heterocycles. The van der Waals surface area contributed by atoms with Crippen molar-refractivity contribution >= 4 is 46.5 Å². The standard InChI is InChI=1S/C24H18F3N3OS/c1-15(31)28-20-5-3-2-4-19(20)17-9-12-21-22(14-17)30-23(29-21)13-8-16-6-10-18(11-7-16)32-24(25,26)27/h2-14H,1H3,(H,28,31)(H,29,30)/b13-8+. The van der Waals surface area contributed by atoms with Gasteiger partial charge < -0.3 is 10.3 Å². The maximum Gasteiger partial charge on any atom is 0.446 e. The summed E-state index contributed by atoms with van der Waals surface area (Å²) in [5.74, 6) is 0.483. The molecule has 162 valence electrons. The van der Waals surface area contributed by atoms with Crippen LogP contribution >= 0.6 is 11.8 Å². The van der Waals surface area contributed by atoms with Crippen LogP contribution in [0.2, 0.25) is 0 Å². The normalized spacial score (nSPS) is 11.9. The van der Waals surface area contributed by atoms with Crippen molar-refractivity contribution in [1.29, 1.82) is 0 Å². The third-order valence-corrected chi connectivity index (χ3v) is 5.34. The minimum Gasteiger partial charge on any atom is -0.338 e. The van der Waals surface area contributed by atoms with E-state index in [0.717, 1.165) is 33.4 Å². The highest BCUT2D eigenvalue weighted by Crippen LogP contribution is 2.36. The summed E-state index contributed by atoms with van der Waals surface area (Å²) in [4.78, 5) is 19.4. The van der Waals surface area contributed by atoms with Crippen LogP contribution in [0.15, 0.2) is 71.6 Å². The smallest absolute Gasteiger partial charge is 0.338 e. The fourth-order valence-electron chi connectivity index (χ4n) is 3.26. The fraction of sp³-hybridized carbons (Fsp3) is 0.0833. The Morgan fingerprint density at radius 2 is 1.78 bits per heavy atom. The van der Waals surface area contributed by atoms with Gasteiger partial charge >= 0.3 is 5.51 Å². The molecular weight excluding hydrogens is 435 g/mol. The van der Waals surface area contributed by atoms with Crippen molar-refractivity contribution in [3.8, 4) is 11.1 Å². The second-order valence-electron chi connectivity index (χ2n) is 7.03. The number of amides is 1. The minimum absolute atomic E-state index is 0.135. The van der Waals surface area contributed by atoms with Gasteiger partial charge in [0.1, 0.15) is 5.82 Å². The molecule has 0 aliphatic heterocycles. The van der Waals surface area contributed by atoms with Crippen LogP contribution in [0.1, 0.15) is 18.3 Å². The molecule has 4 nitrogen and oxygen atoms in total. The molecule has 8 heteroatoms. The van der Waals surface area contributed by atoms with Gasteiger partial charge in [-0.2, -0.15) is 13.2 Å². The van der Waals surface area contributed by atoms with E-state index in [2.05, 4.69) is 15.3 Å². The number of hydrogen-bond donors (Lipinski definition) is 2. The van der Waals surface area contributed by atoms with E-state index < -0.39 is 5.51 Å². The summed E-state index contributed by atoms with van der Waals surface area (Å²) in [5.41, 5.74) is 0.610. The number of carbonyl (C=O) groups is 1. The third kappa shape index (κ3) is 5.39. The highest BCUT2D eigenvalue weighted by atomic mass is 32.2. The Hall–Kier alpha value is -3.52. The molecule has 4 aromatic rings. The summed E-state index contributed by atoms with van der Waals surface area (Å²) >= 11 is -0.135. The number of rotatable bonds is 5. The predicted octanol–water partition coefficient (Wildman–Crippen LogP) is 6.97. The van der Waals surface area contributed by atoms with Gasteiger partial charge in [-0.05, 0) is 59.3 Å². The molecule has 0 spiro atoms. The molecule has 0 saturated carbocycles. The molecule has 0 unspecified atom stereocenters. The SMILES string of the molecule is CC(=O)Nc1ccccc1-c1ccc2[nH]c(/C=C/c3ccc(SC(F)(F)F)cc3)nc2c1. The first-order chi connectivity index (χ1) is 15.3. The number of nitrogens with one attached hydrogen (secondary N) is 2. The molecule has 3 aromatic carbocycles. The van der Waals surface area contributed by atoms with Gasteiger partial charge in [-0.25, -0.2) is 4.98 Å². The van der Waals surface area contributed by atoms with Gasteiger partial charge in [0.05, 0.1) is 11.0 Å². The number of carbonyl (C=O) groups excluding carboxylic acids is 1. The Balaban J connectivity index is 1.56. The quantitative estimate of drug-likeness (QED) is 0.321. The number of aromatic nitrogens is 2. The highest BCUT2D eigenvalue weighted by Gasteiger charge is 2.28. The first-order valence-corrected chi connectivity index (χ1v) is 10.5. The molecular formula is C24H18F3N3OS. The molecule has 1 heterocycles. The van der Waals surface area contributed by atoms with E-state index in [1.54, 1.807) is 24.3 Å². The summed E-state index contributed by atoms with van der Waals surface area (Å²) in [7, 11) is 0. The Bertz CT molecular complexity index is 1290. The van der Waals surface area contributed by atoms with Gasteiger partial charge in [-0.3, -0.25) is 4.79 Å². The van der Waals surface area contributed by atoms with Gasteiger partial charge in [-0.15, -0.1) is 0 Å². The molecule has 0 fully saturated rings. The molecule has 1 amide bonds. The number of alkyl halides is 3. The van der Waals surface area contributed by atoms with E-state index in [1.165, 1.54) is 19.1 Å². The van der Waals surface area contributed by atoms with Crippen molar-refractivity contribution in [2.24, 2.45) is 0 Å². The number of para-hydroxylation sites is 1. The second kappa shape index (κ2) is 8.92. The second-order valence-corrected chi connectivity index (χ2v) is 8.17. The van der Waals surface area contributed by atoms with Crippen molar-refractivity contribution in [3.05, 3.63) is 78.1 Å². The Morgan fingerprint density at radius 1 is 1.03 bits per heavy atom. The Morgan fingerprint density at radius 3 is 2.50 bits per heavy atom. The van der Waals surface area contributed by atoms with Gasteiger partial charge in [0.2, 0.25) is 5.91 Å². The number of nitrogens with zero attached hydrogens (tertiary/aromatic N) is 1. The average molecular weight is 453 g/mol. The van der Waals surface area contributed by atoms with Crippen LogP contribution in [0, 0.1) is 0 Å². The zero-order valence-electron chi connectivity index (χ0n) is 16.9. The van der Waals surface area contributed by atoms with Gasteiger partial charge in [0, 0.05) is 23.1 Å². The topological polar surface area (TPSA) is 57.8 Å². The maximum atomic E-state index is 12.4. The van der Waals surface area contributed by atoms with Crippen molar-refractivity contribution < 1.29 is 18.0 Å². The molecule has 0 aliphatic carbocycles. The van der Waals surface area contributed by atoms with Crippen LogP contribution in [-0.2, 0) is 4.79 Å². The Labute approximate surface area is 186 Å². The number of halogens is 3. The number of H-pyrrole nitrogens is 1. The zero-order valence-corrected chi connectivity index (χ0v) is 17.7. The molecule has 0 radical (unpaired) electrons. The molecule has 2 N–H and O–H groups in total. The molecule has 1 aromatic heterocycles. The summed E-state index contributed by atoms with van der Waals surface area (Å²) in [5, 5.41) is 2.84. The molecule has 0 bridgehead atoms. The number of aromatic amines is 1. The summed E-state index contributed by atoms with van der Waals surface area (Å²) in [6.07, 6.45) is 3.56. The number of thioether (sulfide) groups is 1. The lowest BCUT2D eigenvalue weighted by atomic mass is 10.0. The van der Waals surface area contributed by atoms with Crippen LogP contribution in [0.4, 0.5) is 18.9 Å². The largest absolute Gasteiger partial charge is 0.446 e. The lowest BCUT2D eigenvalue weighted by Crippen LogP contribution is -2.06. The predicted molar refractivity (Wildman–Crippen MR) is 123 cm³/mol. The van der Waals surface area contributed by atoms with Crippen LogP contribution in [0.25, 0.3) is 34.3 Å². The van der Waals surface area contributed by atoms with Gasteiger partial charge in [0.25, 0.3) is 0 Å². The van der Waals surface area contributed by atoms with E-state index in [0.29, 0.717) is 5.82 Å². The molecule has 32 heavy (non-hydrogen) atoms. The van der Waals surface area contributed by atoms with Gasteiger partial charge in [-0.1, -0.05) is 42.5 Å². The van der Waals surface area contributed by atoms with E-state index in [1.807, 2.05) is 42.5 Å². The van der Waals surface area contributed by atoms with Crippen molar-refractivity contribution in [2.45, 2.75) is 17.3 Å². The van der Waals surface area contributed by atoms with E-state index in [4.69, 9.17) is 0 Å². The van der Waals surface area contributed by atoms with Crippen LogP contribution in [0.3, 0.4) is 0 Å². The number of fused-ring (bicyclic) bond motifs is 1. The number of anilines is 1. The van der Waals surface area contributed by atoms with E-state index >= 15 is 0 Å². The first-order valence-electron chi connectivity index (χ1n) is 9.67. The van der Waals surface area contributed by atoms with Crippen molar-refractivity contribution in [3.63, 3.8) is 0 Å². The van der Waals surface area contributed by atoms with Gasteiger partial charge in [0.15, 0.2) is 0 Å². The monoisotopic (exact) mass is 453 g/mol. The molecule has 4 rings (SSSR count). The van der Waals surface area contributed by atoms with Crippen molar-refractivity contribution in [1.82, 2.24) is 9.97 Å². The van der Waals surface area contributed by atoms with Crippen LogP contribution in [0.5, 0.6) is 0 Å². The average Bonchev–Trinajstić information content (AvgIpc) is 3.14. The van der Waals surface area contributed by atoms with E-state index in [9.17, 15) is 18.0 Å². The number of imidazole rings is 1. The minimum atomic E-state index is -4.30. The van der Waals surface area contributed by atoms with E-state index in [-0.39, 0.29) is 22.6 Å². The zero-order chi connectivity index (χ0) is 22.7. The lowest BCUT2D eigenvalue weighted by Gasteiger charge is -2.09. The molecule has 0 aliphatic rings. The summed E-state index contributed by atoms with van der Waals surface area (Å²) in [6.45, 7) is 1.47. The van der Waals surface area contributed by atoms with Crippen LogP contribution < -0.4 is 5.32 Å². The highest BCUT2D eigenvalue weighted by molar-refractivity contribution is 8.00. The first kappa shape index (κ1) is 21.7. The van der Waals surface area contributed by atoms with Crippen molar-refractivity contribution in [2.75, 3.05) is 5.32 Å². The maximum absolute atomic E-state index is 12.4.